The average molecular weight is 256 g/mol. The Labute approximate surface area is 112 Å². The molecule has 3 aromatic rings. The Morgan fingerprint density at radius 3 is 2.84 bits per heavy atom. The molecular formula is C15H20N4. The van der Waals surface area contributed by atoms with Crippen LogP contribution in [0.25, 0.3) is 22.1 Å². The number of H-pyrrole nitrogens is 1. The minimum atomic E-state index is 0.333. The molecule has 0 aliphatic carbocycles. The molecule has 3 heterocycles. The summed E-state index contributed by atoms with van der Waals surface area (Å²) in [6, 6.07) is 2.07. The van der Waals surface area contributed by atoms with Crippen molar-refractivity contribution in [1.82, 2.24) is 19.5 Å². The van der Waals surface area contributed by atoms with Crippen molar-refractivity contribution < 1.29 is 0 Å². The van der Waals surface area contributed by atoms with E-state index >= 15 is 0 Å². The van der Waals surface area contributed by atoms with Crippen LogP contribution in [0.3, 0.4) is 0 Å². The summed E-state index contributed by atoms with van der Waals surface area (Å²) >= 11 is 0. The molecule has 100 valence electrons. The van der Waals surface area contributed by atoms with Gasteiger partial charge in [-0.05, 0) is 17.9 Å². The second kappa shape index (κ2) is 4.08. The summed E-state index contributed by atoms with van der Waals surface area (Å²) in [5.41, 5.74) is 3.42. The van der Waals surface area contributed by atoms with E-state index in [-0.39, 0.29) is 0 Å². The number of aromatic amines is 1. The molecule has 0 amide bonds. The standard InChI is InChI=1S/C15H20N4/c1-15(2,3)7-5-12-18-11-9-17-14-10(6-8-16-14)13(11)19(12)4/h6,8-9H,5,7H2,1-4H3,(H,16,17). The molecule has 0 aromatic carbocycles. The predicted octanol–water partition coefficient (Wildman–Crippen LogP) is 3.43. The van der Waals surface area contributed by atoms with Gasteiger partial charge in [-0.15, -0.1) is 0 Å². The van der Waals surface area contributed by atoms with E-state index in [1.807, 2.05) is 12.4 Å². The lowest BCUT2D eigenvalue weighted by Crippen LogP contribution is -2.09. The maximum atomic E-state index is 4.73. The molecule has 0 radical (unpaired) electrons. The molecule has 0 aliphatic heterocycles. The Kier molecular flexibility index (Phi) is 2.62. The fourth-order valence-electron chi connectivity index (χ4n) is 2.47. The summed E-state index contributed by atoms with van der Waals surface area (Å²) in [4.78, 5) is 12.3. The average Bonchev–Trinajstić information content (AvgIpc) is 2.90. The molecule has 0 atom stereocenters. The van der Waals surface area contributed by atoms with Crippen LogP contribution in [0.2, 0.25) is 0 Å². The van der Waals surface area contributed by atoms with Crippen LogP contribution in [0.1, 0.15) is 33.0 Å². The van der Waals surface area contributed by atoms with Crippen molar-refractivity contribution in [3.8, 4) is 0 Å². The molecule has 0 saturated carbocycles. The van der Waals surface area contributed by atoms with Crippen molar-refractivity contribution in [2.75, 3.05) is 0 Å². The highest BCUT2D eigenvalue weighted by atomic mass is 15.1. The largest absolute Gasteiger partial charge is 0.346 e. The number of nitrogens with zero attached hydrogens (tertiary/aromatic N) is 3. The second-order valence-corrected chi connectivity index (χ2v) is 6.38. The monoisotopic (exact) mass is 256 g/mol. The lowest BCUT2D eigenvalue weighted by Gasteiger charge is -2.17. The Morgan fingerprint density at radius 2 is 2.11 bits per heavy atom. The Balaban J connectivity index is 2.09. The van der Waals surface area contributed by atoms with Crippen LogP contribution in [0.15, 0.2) is 18.5 Å². The van der Waals surface area contributed by atoms with E-state index in [1.165, 1.54) is 5.52 Å². The van der Waals surface area contributed by atoms with Gasteiger partial charge in [-0.25, -0.2) is 9.97 Å². The molecule has 1 N–H and O–H groups in total. The van der Waals surface area contributed by atoms with Crippen LogP contribution in [-0.4, -0.2) is 19.5 Å². The van der Waals surface area contributed by atoms with Crippen LogP contribution in [0.4, 0.5) is 0 Å². The summed E-state index contributed by atoms with van der Waals surface area (Å²) in [6.07, 6.45) is 5.92. The highest BCUT2D eigenvalue weighted by molar-refractivity contribution is 6.01. The van der Waals surface area contributed by atoms with E-state index < -0.39 is 0 Å². The van der Waals surface area contributed by atoms with Crippen LogP contribution < -0.4 is 0 Å². The van der Waals surface area contributed by atoms with Crippen LogP contribution in [0.5, 0.6) is 0 Å². The van der Waals surface area contributed by atoms with Gasteiger partial charge in [0.15, 0.2) is 0 Å². The van der Waals surface area contributed by atoms with Gasteiger partial charge in [0.2, 0.25) is 0 Å². The van der Waals surface area contributed by atoms with Crippen molar-refractivity contribution in [2.45, 2.75) is 33.6 Å². The lowest BCUT2D eigenvalue weighted by atomic mass is 9.90. The number of aromatic nitrogens is 4. The van der Waals surface area contributed by atoms with Gasteiger partial charge >= 0.3 is 0 Å². The summed E-state index contributed by atoms with van der Waals surface area (Å²) < 4.78 is 2.21. The van der Waals surface area contributed by atoms with Gasteiger partial charge < -0.3 is 9.55 Å². The summed E-state index contributed by atoms with van der Waals surface area (Å²) in [5, 5.41) is 1.15. The molecule has 19 heavy (non-hydrogen) atoms. The minimum Gasteiger partial charge on any atom is -0.346 e. The number of nitrogens with one attached hydrogen (secondary N) is 1. The maximum absolute atomic E-state index is 4.73. The van der Waals surface area contributed by atoms with Crippen molar-refractivity contribution in [2.24, 2.45) is 12.5 Å². The van der Waals surface area contributed by atoms with Gasteiger partial charge in [-0.3, -0.25) is 0 Å². The Bertz CT molecular complexity index is 728. The Hall–Kier alpha value is -1.84. The van der Waals surface area contributed by atoms with E-state index in [9.17, 15) is 0 Å². The van der Waals surface area contributed by atoms with E-state index in [4.69, 9.17) is 4.98 Å². The van der Waals surface area contributed by atoms with E-state index in [2.05, 4.69) is 48.4 Å². The SMILES string of the molecule is Cn1c(CCC(C)(C)C)nc2cnc3[nH]ccc3c21. The molecule has 0 unspecified atom stereocenters. The summed E-state index contributed by atoms with van der Waals surface area (Å²) in [7, 11) is 2.10. The zero-order chi connectivity index (χ0) is 13.6. The predicted molar refractivity (Wildman–Crippen MR) is 78.1 cm³/mol. The zero-order valence-corrected chi connectivity index (χ0v) is 12.0. The van der Waals surface area contributed by atoms with Crippen molar-refractivity contribution >= 4 is 22.1 Å². The molecule has 3 aromatic heterocycles. The highest BCUT2D eigenvalue weighted by Gasteiger charge is 2.15. The van der Waals surface area contributed by atoms with Gasteiger partial charge in [-0.1, -0.05) is 20.8 Å². The molecule has 4 nitrogen and oxygen atoms in total. The summed E-state index contributed by atoms with van der Waals surface area (Å²) in [6.45, 7) is 6.80. The number of pyridine rings is 1. The van der Waals surface area contributed by atoms with E-state index in [0.717, 1.165) is 35.2 Å². The van der Waals surface area contributed by atoms with Crippen molar-refractivity contribution in [3.63, 3.8) is 0 Å². The molecule has 0 spiro atoms. The maximum Gasteiger partial charge on any atom is 0.139 e. The number of fused-ring (bicyclic) bond motifs is 3. The normalized spacial score (nSPS) is 12.6. The molecule has 0 bridgehead atoms. The first-order valence-electron chi connectivity index (χ1n) is 6.73. The molecule has 4 heteroatoms. The molecular weight excluding hydrogens is 236 g/mol. The third kappa shape index (κ3) is 2.11. The molecule has 3 rings (SSSR count). The number of hydrogen-bond donors (Lipinski definition) is 1. The first-order chi connectivity index (χ1) is 8.96. The van der Waals surface area contributed by atoms with Crippen molar-refractivity contribution in [1.29, 1.82) is 0 Å². The number of hydrogen-bond acceptors (Lipinski definition) is 2. The fraction of sp³-hybridized carbons (Fsp3) is 0.467. The highest BCUT2D eigenvalue weighted by Crippen LogP contribution is 2.26. The van der Waals surface area contributed by atoms with Crippen molar-refractivity contribution in [3.05, 3.63) is 24.3 Å². The smallest absolute Gasteiger partial charge is 0.139 e. The minimum absolute atomic E-state index is 0.333. The Morgan fingerprint density at radius 1 is 1.32 bits per heavy atom. The first-order valence-corrected chi connectivity index (χ1v) is 6.73. The van der Waals surface area contributed by atoms with Gasteiger partial charge in [0.05, 0.1) is 11.7 Å². The number of aryl methyl sites for hydroxylation is 2. The van der Waals surface area contributed by atoms with E-state index in [0.29, 0.717) is 5.41 Å². The number of rotatable bonds is 2. The van der Waals surface area contributed by atoms with Gasteiger partial charge in [0.25, 0.3) is 0 Å². The zero-order valence-electron chi connectivity index (χ0n) is 12.0. The molecule has 0 fully saturated rings. The third-order valence-corrected chi connectivity index (χ3v) is 3.61. The lowest BCUT2D eigenvalue weighted by molar-refractivity contribution is 0.373. The van der Waals surface area contributed by atoms with Gasteiger partial charge in [-0.2, -0.15) is 0 Å². The first kappa shape index (κ1) is 12.2. The second-order valence-electron chi connectivity index (χ2n) is 6.38. The fourth-order valence-corrected chi connectivity index (χ4v) is 2.47. The van der Waals surface area contributed by atoms with Gasteiger partial charge in [0, 0.05) is 25.1 Å². The van der Waals surface area contributed by atoms with Crippen LogP contribution in [-0.2, 0) is 13.5 Å². The third-order valence-electron chi connectivity index (χ3n) is 3.61. The number of imidazole rings is 1. The summed E-state index contributed by atoms with van der Waals surface area (Å²) in [5.74, 6) is 1.14. The van der Waals surface area contributed by atoms with E-state index in [1.54, 1.807) is 0 Å². The topological polar surface area (TPSA) is 46.5 Å². The molecule has 0 aliphatic rings. The van der Waals surface area contributed by atoms with Crippen LogP contribution >= 0.6 is 0 Å². The van der Waals surface area contributed by atoms with Gasteiger partial charge in [0.1, 0.15) is 17.0 Å². The van der Waals surface area contributed by atoms with Crippen LogP contribution in [0, 0.1) is 5.41 Å². The quantitative estimate of drug-likeness (QED) is 0.763. The molecule has 0 saturated heterocycles.